The Labute approximate surface area is 114 Å². The van der Waals surface area contributed by atoms with Crippen LogP contribution in [0.5, 0.6) is 0 Å². The van der Waals surface area contributed by atoms with Gasteiger partial charge >= 0.3 is 0 Å². The molecule has 1 aromatic rings. The van der Waals surface area contributed by atoms with E-state index in [9.17, 15) is 4.79 Å². The monoisotopic (exact) mass is 258 g/mol. The minimum absolute atomic E-state index is 0.127. The van der Waals surface area contributed by atoms with Crippen LogP contribution in [0.2, 0.25) is 0 Å². The molecule has 102 valence electrons. The highest BCUT2D eigenvalue weighted by molar-refractivity contribution is 5.85. The van der Waals surface area contributed by atoms with Gasteiger partial charge in [0.05, 0.1) is 0 Å². The molecule has 0 aliphatic heterocycles. The molecule has 2 N–H and O–H groups in total. The van der Waals surface area contributed by atoms with Gasteiger partial charge in [0.25, 0.3) is 0 Å². The van der Waals surface area contributed by atoms with E-state index in [0.29, 0.717) is 6.54 Å². The Hall–Kier alpha value is -1.35. The van der Waals surface area contributed by atoms with Crippen molar-refractivity contribution in [3.8, 4) is 0 Å². The first kappa shape index (κ1) is 12.7. The number of aryl methyl sites for hydroxylation is 1. The maximum Gasteiger partial charge on any atom is 0.226 e. The minimum Gasteiger partial charge on any atom is -0.342 e. The first-order chi connectivity index (χ1) is 9.10. The molecule has 3 unspecified atom stereocenters. The van der Waals surface area contributed by atoms with E-state index >= 15 is 0 Å². The molecular formula is C16H22N2O. The zero-order valence-electron chi connectivity index (χ0n) is 11.7. The number of hydrogen-bond acceptors (Lipinski definition) is 2. The number of carbonyl (C=O) groups is 1. The highest BCUT2D eigenvalue weighted by Crippen LogP contribution is 2.61. The molecule has 0 radical (unpaired) electrons. The van der Waals surface area contributed by atoms with Crippen LogP contribution >= 0.6 is 0 Å². The number of amides is 1. The number of benzene rings is 1. The van der Waals surface area contributed by atoms with Gasteiger partial charge in [0.1, 0.15) is 0 Å². The topological polar surface area (TPSA) is 46.3 Å². The summed E-state index contributed by atoms with van der Waals surface area (Å²) >= 11 is 0. The third-order valence-electron chi connectivity index (χ3n) is 5.12. The van der Waals surface area contributed by atoms with Crippen LogP contribution in [-0.2, 0) is 16.6 Å². The summed E-state index contributed by atoms with van der Waals surface area (Å²) in [5, 5.41) is 0. The summed E-state index contributed by atoms with van der Waals surface area (Å²) in [7, 11) is 1.88. The van der Waals surface area contributed by atoms with E-state index in [1.165, 1.54) is 11.1 Å². The van der Waals surface area contributed by atoms with Crippen LogP contribution in [0.4, 0.5) is 0 Å². The number of hydrogen-bond donors (Lipinski definition) is 1. The Morgan fingerprint density at radius 1 is 1.53 bits per heavy atom. The maximum absolute atomic E-state index is 12.5. The molecule has 1 aromatic carbocycles. The summed E-state index contributed by atoms with van der Waals surface area (Å²) in [6.45, 7) is 2.54. The molecule has 19 heavy (non-hydrogen) atoms. The fourth-order valence-electron chi connectivity index (χ4n) is 3.54. The van der Waals surface area contributed by atoms with E-state index in [4.69, 9.17) is 5.73 Å². The van der Waals surface area contributed by atoms with E-state index in [2.05, 4.69) is 24.3 Å². The van der Waals surface area contributed by atoms with Crippen LogP contribution in [0.25, 0.3) is 0 Å². The second-order valence-corrected chi connectivity index (χ2v) is 6.10. The van der Waals surface area contributed by atoms with Crippen LogP contribution in [-0.4, -0.2) is 30.4 Å². The van der Waals surface area contributed by atoms with Crippen LogP contribution in [0.15, 0.2) is 24.3 Å². The molecule has 3 nitrogen and oxygen atoms in total. The molecule has 0 heterocycles. The SMILES string of the molecule is CC(CN)N(C)C(=O)C1CC12CCc1ccccc12. The number of nitrogens with two attached hydrogens (primary N) is 1. The van der Waals surface area contributed by atoms with Crippen molar-refractivity contribution >= 4 is 5.91 Å². The second kappa shape index (κ2) is 4.34. The number of fused-ring (bicyclic) bond motifs is 2. The summed E-state index contributed by atoms with van der Waals surface area (Å²) in [4.78, 5) is 14.4. The molecule has 1 spiro atoms. The molecule has 0 bridgehead atoms. The van der Waals surface area contributed by atoms with E-state index in [1.807, 2.05) is 18.9 Å². The maximum atomic E-state index is 12.5. The molecule has 2 aliphatic rings. The zero-order valence-corrected chi connectivity index (χ0v) is 11.7. The van der Waals surface area contributed by atoms with Crippen molar-refractivity contribution in [1.29, 1.82) is 0 Å². The molecular weight excluding hydrogens is 236 g/mol. The van der Waals surface area contributed by atoms with Crippen molar-refractivity contribution in [2.24, 2.45) is 11.7 Å². The standard InChI is InChI=1S/C16H22N2O/c1-11(10-17)18(2)15(19)14-9-16(14)8-7-12-5-3-4-6-13(12)16/h3-6,11,14H,7-10,17H2,1-2H3. The Morgan fingerprint density at radius 2 is 2.26 bits per heavy atom. The van der Waals surface area contributed by atoms with Gasteiger partial charge in [0, 0.05) is 31.0 Å². The molecule has 3 rings (SSSR count). The van der Waals surface area contributed by atoms with Crippen LogP contribution < -0.4 is 5.73 Å². The lowest BCUT2D eigenvalue weighted by Gasteiger charge is -2.25. The zero-order chi connectivity index (χ0) is 13.6. The van der Waals surface area contributed by atoms with Crippen molar-refractivity contribution in [2.45, 2.75) is 37.6 Å². The third-order valence-corrected chi connectivity index (χ3v) is 5.12. The van der Waals surface area contributed by atoms with Gasteiger partial charge in [-0.15, -0.1) is 0 Å². The second-order valence-electron chi connectivity index (χ2n) is 6.10. The lowest BCUT2D eigenvalue weighted by Crippen LogP contribution is -2.41. The van der Waals surface area contributed by atoms with Gasteiger partial charge < -0.3 is 10.6 Å². The van der Waals surface area contributed by atoms with Gasteiger partial charge in [-0.05, 0) is 37.3 Å². The smallest absolute Gasteiger partial charge is 0.226 e. The molecule has 3 atom stereocenters. The predicted molar refractivity (Wildman–Crippen MR) is 75.8 cm³/mol. The minimum atomic E-state index is 0.127. The quantitative estimate of drug-likeness (QED) is 0.897. The molecule has 1 saturated carbocycles. The van der Waals surface area contributed by atoms with Crippen molar-refractivity contribution in [3.63, 3.8) is 0 Å². The van der Waals surface area contributed by atoms with Crippen molar-refractivity contribution in [1.82, 2.24) is 4.90 Å². The highest BCUT2D eigenvalue weighted by Gasteiger charge is 2.61. The third kappa shape index (κ3) is 1.79. The Bertz CT molecular complexity index is 513. The number of carbonyl (C=O) groups excluding carboxylic acids is 1. The largest absolute Gasteiger partial charge is 0.342 e. The summed E-state index contributed by atoms with van der Waals surface area (Å²) in [6.07, 6.45) is 3.27. The lowest BCUT2D eigenvalue weighted by molar-refractivity contribution is -0.133. The molecule has 3 heteroatoms. The molecule has 1 fully saturated rings. The van der Waals surface area contributed by atoms with Crippen molar-refractivity contribution in [2.75, 3.05) is 13.6 Å². The van der Waals surface area contributed by atoms with Crippen LogP contribution in [0.1, 0.15) is 30.9 Å². The van der Waals surface area contributed by atoms with Gasteiger partial charge in [-0.25, -0.2) is 0 Å². The van der Waals surface area contributed by atoms with E-state index in [-0.39, 0.29) is 23.3 Å². The van der Waals surface area contributed by atoms with E-state index < -0.39 is 0 Å². The van der Waals surface area contributed by atoms with E-state index in [1.54, 1.807) is 0 Å². The predicted octanol–water partition coefficient (Wildman–Crippen LogP) is 1.70. The number of likely N-dealkylation sites (N-methyl/N-ethyl adjacent to an activating group) is 1. The van der Waals surface area contributed by atoms with Gasteiger partial charge in [0.15, 0.2) is 0 Å². The summed E-state index contributed by atoms with van der Waals surface area (Å²) in [6, 6.07) is 8.73. The van der Waals surface area contributed by atoms with Crippen LogP contribution in [0.3, 0.4) is 0 Å². The number of nitrogens with zero attached hydrogens (tertiary/aromatic N) is 1. The molecule has 2 aliphatic carbocycles. The Morgan fingerprint density at radius 3 is 3.00 bits per heavy atom. The lowest BCUT2D eigenvalue weighted by atomic mass is 9.95. The average Bonchev–Trinajstić information content (AvgIpc) is 3.06. The Balaban J connectivity index is 1.80. The molecule has 0 saturated heterocycles. The normalized spacial score (nSPS) is 29.1. The van der Waals surface area contributed by atoms with Gasteiger partial charge in [-0.3, -0.25) is 4.79 Å². The summed E-state index contributed by atoms with van der Waals surface area (Å²) in [5.74, 6) is 0.449. The summed E-state index contributed by atoms with van der Waals surface area (Å²) in [5.41, 5.74) is 8.66. The van der Waals surface area contributed by atoms with Crippen LogP contribution in [0, 0.1) is 5.92 Å². The first-order valence-corrected chi connectivity index (χ1v) is 7.15. The number of rotatable bonds is 3. The highest BCUT2D eigenvalue weighted by atomic mass is 16.2. The van der Waals surface area contributed by atoms with Gasteiger partial charge in [-0.1, -0.05) is 24.3 Å². The fraction of sp³-hybridized carbons (Fsp3) is 0.562. The first-order valence-electron chi connectivity index (χ1n) is 7.15. The van der Waals surface area contributed by atoms with Crippen molar-refractivity contribution < 1.29 is 4.79 Å². The molecule has 1 amide bonds. The Kier molecular flexibility index (Phi) is 2.90. The van der Waals surface area contributed by atoms with Crippen molar-refractivity contribution in [3.05, 3.63) is 35.4 Å². The van der Waals surface area contributed by atoms with E-state index in [0.717, 1.165) is 19.3 Å². The summed E-state index contributed by atoms with van der Waals surface area (Å²) < 4.78 is 0. The molecule has 0 aromatic heterocycles. The fourth-order valence-corrected chi connectivity index (χ4v) is 3.54. The van der Waals surface area contributed by atoms with Gasteiger partial charge in [-0.2, -0.15) is 0 Å². The van der Waals surface area contributed by atoms with Gasteiger partial charge in [0.2, 0.25) is 5.91 Å². The average molecular weight is 258 g/mol.